The van der Waals surface area contributed by atoms with E-state index in [0.29, 0.717) is 17.1 Å². The number of allylic oxidation sites excluding steroid dienone is 1. The summed E-state index contributed by atoms with van der Waals surface area (Å²) in [6.45, 7) is 7.49. The molecule has 1 saturated heterocycles. The van der Waals surface area contributed by atoms with Gasteiger partial charge in [0.1, 0.15) is 30.1 Å². The molecule has 0 spiro atoms. The summed E-state index contributed by atoms with van der Waals surface area (Å²) >= 11 is 0. The van der Waals surface area contributed by atoms with Gasteiger partial charge < -0.3 is 18.9 Å². The fourth-order valence-electron chi connectivity index (χ4n) is 3.83. The normalized spacial score (nSPS) is 23.9. The van der Waals surface area contributed by atoms with E-state index in [1.807, 2.05) is 20.8 Å². The Balaban J connectivity index is 2.05. The molecule has 8 nitrogen and oxygen atoms in total. The molecule has 3 atom stereocenters. The molecule has 2 heterocycles. The van der Waals surface area contributed by atoms with Crippen molar-refractivity contribution in [2.24, 2.45) is 11.3 Å². The Labute approximate surface area is 175 Å². The fourth-order valence-corrected chi connectivity index (χ4v) is 3.83. The summed E-state index contributed by atoms with van der Waals surface area (Å²) in [6.07, 6.45) is -1.51. The van der Waals surface area contributed by atoms with Crippen LogP contribution in [-0.2, 0) is 23.8 Å². The summed E-state index contributed by atoms with van der Waals surface area (Å²) < 4.78 is 21.2. The number of esters is 1. The number of hydrogen-bond donors (Lipinski definition) is 0. The molecular weight excluding hydrogens is 390 g/mol. The number of rotatable bonds is 4. The highest BCUT2D eigenvalue weighted by atomic mass is 16.6. The van der Waals surface area contributed by atoms with Crippen LogP contribution < -0.4 is 4.74 Å². The highest BCUT2D eigenvalue weighted by Crippen LogP contribution is 2.44. The van der Waals surface area contributed by atoms with Crippen LogP contribution in [0.2, 0.25) is 0 Å². The highest BCUT2D eigenvalue weighted by molar-refractivity contribution is 6.03. The first-order chi connectivity index (χ1) is 14.1. The zero-order valence-corrected chi connectivity index (χ0v) is 18.1. The second kappa shape index (κ2) is 8.01. The minimum absolute atomic E-state index is 0.102. The molecule has 2 aliphatic heterocycles. The average molecular weight is 417 g/mol. The van der Waals surface area contributed by atoms with Gasteiger partial charge in [-0.1, -0.05) is 32.9 Å². The van der Waals surface area contributed by atoms with Crippen molar-refractivity contribution in [1.82, 2.24) is 4.90 Å². The standard InChI is InChI=1S/C22H27NO7/c1-12-16(20(25)28-6)17(18(30-12)13-7-9-14(27-5)10-8-13)19(24)23-15(22(2,3)4)11-29-21(23)26/h7-10,15,17-18H,11H2,1-6H3/t15-,17+,18-/m1/s1. The van der Waals surface area contributed by atoms with E-state index in [1.54, 1.807) is 38.3 Å². The van der Waals surface area contributed by atoms with Gasteiger partial charge in [-0.25, -0.2) is 14.5 Å². The lowest BCUT2D eigenvalue weighted by Crippen LogP contribution is -2.49. The van der Waals surface area contributed by atoms with Crippen LogP contribution in [0.5, 0.6) is 5.75 Å². The molecule has 3 rings (SSSR count). The predicted molar refractivity (Wildman–Crippen MR) is 106 cm³/mol. The molecule has 0 bridgehead atoms. The summed E-state index contributed by atoms with van der Waals surface area (Å²) in [5.41, 5.74) is 0.379. The molecule has 0 radical (unpaired) electrons. The molecule has 2 aliphatic rings. The second-order valence-corrected chi connectivity index (χ2v) is 8.42. The maximum Gasteiger partial charge on any atom is 0.417 e. The van der Waals surface area contributed by atoms with Crippen molar-refractivity contribution in [1.29, 1.82) is 0 Å². The Morgan fingerprint density at radius 1 is 1.13 bits per heavy atom. The number of cyclic esters (lactones) is 1. The van der Waals surface area contributed by atoms with Gasteiger partial charge in [-0.3, -0.25) is 4.79 Å². The second-order valence-electron chi connectivity index (χ2n) is 8.42. The summed E-state index contributed by atoms with van der Waals surface area (Å²) in [7, 11) is 2.80. The van der Waals surface area contributed by atoms with Crippen LogP contribution >= 0.6 is 0 Å². The Hall–Kier alpha value is -3.03. The number of ether oxygens (including phenoxy) is 4. The van der Waals surface area contributed by atoms with Gasteiger partial charge in [0.2, 0.25) is 5.91 Å². The van der Waals surface area contributed by atoms with Crippen molar-refractivity contribution in [3.8, 4) is 5.75 Å². The zero-order valence-electron chi connectivity index (χ0n) is 18.1. The maximum absolute atomic E-state index is 13.7. The lowest BCUT2D eigenvalue weighted by molar-refractivity contribution is -0.142. The largest absolute Gasteiger partial charge is 0.497 e. The van der Waals surface area contributed by atoms with E-state index in [1.165, 1.54) is 7.11 Å². The van der Waals surface area contributed by atoms with Crippen LogP contribution in [0.15, 0.2) is 35.6 Å². The Morgan fingerprint density at radius 2 is 1.77 bits per heavy atom. The minimum atomic E-state index is -1.04. The lowest BCUT2D eigenvalue weighted by atomic mass is 9.84. The zero-order chi connectivity index (χ0) is 22.2. The third kappa shape index (κ3) is 3.74. The van der Waals surface area contributed by atoms with E-state index >= 15 is 0 Å². The van der Waals surface area contributed by atoms with Gasteiger partial charge in [-0.2, -0.15) is 0 Å². The number of methoxy groups -OCH3 is 2. The van der Waals surface area contributed by atoms with E-state index in [-0.39, 0.29) is 12.2 Å². The van der Waals surface area contributed by atoms with Gasteiger partial charge in [0, 0.05) is 0 Å². The number of carbonyl (C=O) groups is 3. The molecular formula is C22H27NO7. The third-order valence-corrected chi connectivity index (χ3v) is 5.52. The fraction of sp³-hybridized carbons (Fsp3) is 0.500. The first-order valence-corrected chi connectivity index (χ1v) is 9.69. The van der Waals surface area contributed by atoms with E-state index in [4.69, 9.17) is 18.9 Å². The van der Waals surface area contributed by atoms with Crippen LogP contribution in [0.3, 0.4) is 0 Å². The molecule has 0 aliphatic carbocycles. The first-order valence-electron chi connectivity index (χ1n) is 9.69. The highest BCUT2D eigenvalue weighted by Gasteiger charge is 2.52. The van der Waals surface area contributed by atoms with Crippen molar-refractivity contribution in [2.75, 3.05) is 20.8 Å². The molecule has 1 aromatic carbocycles. The molecule has 1 aromatic rings. The van der Waals surface area contributed by atoms with Gasteiger partial charge in [0.15, 0.2) is 0 Å². The summed E-state index contributed by atoms with van der Waals surface area (Å²) in [5, 5.41) is 0. The SMILES string of the molecule is COC(=O)C1=C(C)O[C@H](c2ccc(OC)cc2)[C@H]1C(=O)N1C(=O)OC[C@@H]1C(C)(C)C. The van der Waals surface area contributed by atoms with E-state index in [0.717, 1.165) is 4.90 Å². The van der Waals surface area contributed by atoms with E-state index in [9.17, 15) is 14.4 Å². The summed E-state index contributed by atoms with van der Waals surface area (Å²) in [5.74, 6) is -1.31. The third-order valence-electron chi connectivity index (χ3n) is 5.52. The molecule has 0 aromatic heterocycles. The number of imide groups is 1. The smallest absolute Gasteiger partial charge is 0.417 e. The van der Waals surface area contributed by atoms with Crippen molar-refractivity contribution < 1.29 is 33.3 Å². The van der Waals surface area contributed by atoms with Crippen LogP contribution in [0.1, 0.15) is 39.4 Å². The molecule has 0 saturated carbocycles. The maximum atomic E-state index is 13.7. The van der Waals surface area contributed by atoms with Gasteiger partial charge in [-0.05, 0) is 30.0 Å². The minimum Gasteiger partial charge on any atom is -0.497 e. The number of amides is 2. The van der Waals surface area contributed by atoms with Gasteiger partial charge in [0.25, 0.3) is 0 Å². The number of nitrogens with zero attached hydrogens (tertiary/aromatic N) is 1. The molecule has 30 heavy (non-hydrogen) atoms. The Kier molecular flexibility index (Phi) is 5.78. The van der Waals surface area contributed by atoms with E-state index < -0.39 is 41.4 Å². The number of carbonyl (C=O) groups excluding carboxylic acids is 3. The van der Waals surface area contributed by atoms with Crippen LogP contribution in [-0.4, -0.2) is 49.7 Å². The summed E-state index contributed by atoms with van der Waals surface area (Å²) in [6, 6.07) is 6.55. The average Bonchev–Trinajstić information content (AvgIpc) is 3.27. The monoisotopic (exact) mass is 417 g/mol. The number of benzene rings is 1. The summed E-state index contributed by atoms with van der Waals surface area (Å²) in [4.78, 5) is 39.8. The molecule has 0 N–H and O–H groups in total. The van der Waals surface area contributed by atoms with Crippen molar-refractivity contribution in [2.45, 2.75) is 39.8 Å². The van der Waals surface area contributed by atoms with Crippen LogP contribution in [0, 0.1) is 11.3 Å². The van der Waals surface area contributed by atoms with Crippen LogP contribution in [0.4, 0.5) is 4.79 Å². The number of hydrogen-bond acceptors (Lipinski definition) is 7. The predicted octanol–water partition coefficient (Wildman–Crippen LogP) is 3.22. The van der Waals surface area contributed by atoms with Gasteiger partial charge in [0.05, 0.1) is 25.8 Å². The topological polar surface area (TPSA) is 91.4 Å². The van der Waals surface area contributed by atoms with Crippen molar-refractivity contribution in [3.63, 3.8) is 0 Å². The van der Waals surface area contributed by atoms with Crippen molar-refractivity contribution in [3.05, 3.63) is 41.2 Å². The lowest BCUT2D eigenvalue weighted by Gasteiger charge is -2.33. The molecule has 0 unspecified atom stereocenters. The molecule has 162 valence electrons. The van der Waals surface area contributed by atoms with Crippen LogP contribution in [0.25, 0.3) is 0 Å². The van der Waals surface area contributed by atoms with Crippen molar-refractivity contribution >= 4 is 18.0 Å². The molecule has 1 fully saturated rings. The van der Waals surface area contributed by atoms with E-state index in [2.05, 4.69) is 0 Å². The van der Waals surface area contributed by atoms with Gasteiger partial charge in [-0.15, -0.1) is 0 Å². The van der Waals surface area contributed by atoms with Gasteiger partial charge >= 0.3 is 12.1 Å². The quantitative estimate of drug-likeness (QED) is 0.695. The molecule has 2 amide bonds. The Bertz CT molecular complexity index is 882. The first kappa shape index (κ1) is 21.7. The molecule has 8 heteroatoms. The Morgan fingerprint density at radius 3 is 2.30 bits per heavy atom.